The van der Waals surface area contributed by atoms with Crippen molar-refractivity contribution in [2.45, 2.75) is 25.4 Å². The van der Waals surface area contributed by atoms with Crippen molar-refractivity contribution in [2.75, 3.05) is 19.7 Å². The van der Waals surface area contributed by atoms with E-state index in [9.17, 15) is 0 Å². The average molecular weight is 281 g/mol. The van der Waals surface area contributed by atoms with Gasteiger partial charge < -0.3 is 10.1 Å². The lowest BCUT2D eigenvalue weighted by atomic mass is 9.75. The van der Waals surface area contributed by atoms with E-state index in [0.29, 0.717) is 0 Å². The van der Waals surface area contributed by atoms with Crippen LogP contribution in [-0.2, 0) is 10.2 Å². The van der Waals surface area contributed by atoms with Crippen LogP contribution < -0.4 is 5.32 Å². The first kappa shape index (κ1) is 14.2. The molecule has 0 saturated carbocycles. The van der Waals surface area contributed by atoms with E-state index >= 15 is 0 Å². The van der Waals surface area contributed by atoms with Gasteiger partial charge in [0.2, 0.25) is 0 Å². The van der Waals surface area contributed by atoms with Crippen molar-refractivity contribution in [1.29, 1.82) is 0 Å². The summed E-state index contributed by atoms with van der Waals surface area (Å²) in [6, 6.07) is 12.5. The maximum absolute atomic E-state index is 6.00. The molecule has 3 heteroatoms. The van der Waals surface area contributed by atoms with E-state index in [2.05, 4.69) is 60.7 Å². The van der Waals surface area contributed by atoms with Crippen LogP contribution in [-0.4, -0.2) is 30.8 Å². The molecule has 0 amide bonds. The molecule has 0 aliphatic carbocycles. The molecule has 1 unspecified atom stereocenters. The van der Waals surface area contributed by atoms with Crippen LogP contribution in [0.3, 0.4) is 0 Å². The van der Waals surface area contributed by atoms with Gasteiger partial charge in [0.25, 0.3) is 0 Å². The smallest absolute Gasteiger partial charge is 0.0970 e. The lowest BCUT2D eigenvalue weighted by Gasteiger charge is -2.38. The van der Waals surface area contributed by atoms with Crippen LogP contribution in [0.1, 0.15) is 19.4 Å². The van der Waals surface area contributed by atoms with Gasteiger partial charge in [-0.05, 0) is 17.2 Å². The highest BCUT2D eigenvalue weighted by Gasteiger charge is 2.35. The molecule has 1 fully saturated rings. The highest BCUT2D eigenvalue weighted by molar-refractivity contribution is 5.67. The molecule has 21 heavy (non-hydrogen) atoms. The number of nitrogens with one attached hydrogen (secondary N) is 1. The normalized spacial score (nSPS) is 19.4. The summed E-state index contributed by atoms with van der Waals surface area (Å²) in [5.41, 5.74) is 3.42. The van der Waals surface area contributed by atoms with Gasteiger partial charge in [0.15, 0.2) is 0 Å². The summed E-state index contributed by atoms with van der Waals surface area (Å²) in [5, 5.41) is 3.42. The lowest BCUT2D eigenvalue weighted by molar-refractivity contribution is -0.0137. The number of hydrogen-bond donors (Lipinski definition) is 1. The summed E-state index contributed by atoms with van der Waals surface area (Å²) >= 11 is 0. The molecular weight excluding hydrogens is 260 g/mol. The Hall–Kier alpha value is -1.71. The van der Waals surface area contributed by atoms with E-state index in [1.165, 1.54) is 11.1 Å². The van der Waals surface area contributed by atoms with Crippen LogP contribution in [0, 0.1) is 6.20 Å². The molecular formula is C18H21N2O. The fourth-order valence-corrected chi connectivity index (χ4v) is 2.96. The first-order chi connectivity index (χ1) is 10.2. The molecule has 1 N–H and O–H groups in total. The first-order valence-electron chi connectivity index (χ1n) is 7.44. The lowest BCUT2D eigenvalue weighted by Crippen LogP contribution is -2.48. The monoisotopic (exact) mass is 281 g/mol. The second-order valence-corrected chi connectivity index (χ2v) is 5.99. The summed E-state index contributed by atoms with van der Waals surface area (Å²) < 4.78 is 6.00. The van der Waals surface area contributed by atoms with Crippen LogP contribution in [0.2, 0.25) is 0 Å². The maximum Gasteiger partial charge on any atom is 0.0970 e. The fraction of sp³-hybridized carbons (Fsp3) is 0.389. The van der Waals surface area contributed by atoms with Crippen molar-refractivity contribution in [1.82, 2.24) is 10.3 Å². The summed E-state index contributed by atoms with van der Waals surface area (Å²) in [5.74, 6) is 0. The molecule has 3 rings (SSSR count). The molecule has 109 valence electrons. The van der Waals surface area contributed by atoms with Crippen LogP contribution >= 0.6 is 0 Å². The third-order valence-electron chi connectivity index (χ3n) is 4.25. The Labute approximate surface area is 126 Å². The van der Waals surface area contributed by atoms with Crippen LogP contribution in [0.4, 0.5) is 0 Å². The minimum absolute atomic E-state index is 0.0757. The van der Waals surface area contributed by atoms with Gasteiger partial charge in [0, 0.05) is 30.3 Å². The average Bonchev–Trinajstić information content (AvgIpc) is 2.56. The second kappa shape index (κ2) is 5.96. The Balaban J connectivity index is 2.02. The molecule has 1 aliphatic rings. The van der Waals surface area contributed by atoms with E-state index in [0.717, 1.165) is 25.3 Å². The van der Waals surface area contributed by atoms with Crippen molar-refractivity contribution in [3.63, 3.8) is 0 Å². The van der Waals surface area contributed by atoms with Crippen molar-refractivity contribution >= 4 is 0 Å². The van der Waals surface area contributed by atoms with Gasteiger partial charge in [-0.2, -0.15) is 0 Å². The number of ether oxygens (including phenoxy) is 1. The van der Waals surface area contributed by atoms with Gasteiger partial charge in [-0.3, -0.25) is 4.98 Å². The highest BCUT2D eigenvalue weighted by Crippen LogP contribution is 2.36. The molecule has 3 nitrogen and oxygen atoms in total. The van der Waals surface area contributed by atoms with Gasteiger partial charge in [-0.25, -0.2) is 0 Å². The quantitative estimate of drug-likeness (QED) is 0.939. The van der Waals surface area contributed by atoms with E-state index in [1.807, 2.05) is 6.07 Å². The van der Waals surface area contributed by atoms with Crippen molar-refractivity contribution in [3.05, 3.63) is 54.4 Å². The van der Waals surface area contributed by atoms with Crippen LogP contribution in [0.25, 0.3) is 11.1 Å². The van der Waals surface area contributed by atoms with E-state index in [4.69, 9.17) is 4.74 Å². The zero-order valence-corrected chi connectivity index (χ0v) is 12.6. The predicted octanol–water partition coefficient (Wildman–Crippen LogP) is 2.81. The molecule has 2 aromatic rings. The van der Waals surface area contributed by atoms with Crippen molar-refractivity contribution < 1.29 is 4.74 Å². The van der Waals surface area contributed by atoms with Crippen LogP contribution in [0.15, 0.2) is 42.6 Å². The summed E-state index contributed by atoms with van der Waals surface area (Å²) in [4.78, 5) is 4.13. The molecule has 0 bridgehead atoms. The number of morpholine rings is 1. The van der Waals surface area contributed by atoms with Gasteiger partial charge >= 0.3 is 0 Å². The highest BCUT2D eigenvalue weighted by atomic mass is 16.5. The number of benzene rings is 1. The maximum atomic E-state index is 6.00. The molecule has 1 aromatic heterocycles. The largest absolute Gasteiger partial charge is 0.375 e. The van der Waals surface area contributed by atoms with Crippen molar-refractivity contribution in [2.24, 2.45) is 0 Å². The number of hydrogen-bond acceptors (Lipinski definition) is 3. The standard InChI is InChI=1S/C18H21N2O/c1-18(2,17-13-20-10-11-21-17)16-8-4-3-7-15(16)14-6-5-9-19-12-14/h3-9,17,20H,10-11,13H2,1-2H3. The zero-order valence-electron chi connectivity index (χ0n) is 12.6. The zero-order chi connectivity index (χ0) is 14.7. The molecule has 1 aromatic carbocycles. The van der Waals surface area contributed by atoms with Gasteiger partial charge in [-0.15, -0.1) is 0 Å². The molecule has 2 heterocycles. The van der Waals surface area contributed by atoms with E-state index in [1.54, 1.807) is 6.20 Å². The molecule has 1 saturated heterocycles. The molecule has 1 radical (unpaired) electrons. The van der Waals surface area contributed by atoms with E-state index < -0.39 is 0 Å². The fourth-order valence-electron chi connectivity index (χ4n) is 2.96. The van der Waals surface area contributed by atoms with Gasteiger partial charge in [0.05, 0.1) is 18.9 Å². The summed E-state index contributed by atoms with van der Waals surface area (Å²) in [6.45, 7) is 7.09. The Morgan fingerprint density at radius 2 is 2.10 bits per heavy atom. The third-order valence-corrected chi connectivity index (χ3v) is 4.25. The Morgan fingerprint density at radius 1 is 1.24 bits per heavy atom. The number of rotatable bonds is 3. The van der Waals surface area contributed by atoms with Gasteiger partial charge in [0.1, 0.15) is 0 Å². The first-order valence-corrected chi connectivity index (χ1v) is 7.44. The summed E-state index contributed by atoms with van der Waals surface area (Å²) in [7, 11) is 0. The van der Waals surface area contributed by atoms with Crippen molar-refractivity contribution in [3.8, 4) is 11.1 Å². The Bertz CT molecular complexity index is 589. The SMILES string of the molecule is CC(C)(c1ccccc1-c1[c]nccc1)C1CNCCO1. The predicted molar refractivity (Wildman–Crippen MR) is 84.1 cm³/mol. The third kappa shape index (κ3) is 2.85. The molecule has 1 atom stereocenters. The Kier molecular flexibility index (Phi) is 4.04. The van der Waals surface area contributed by atoms with Crippen LogP contribution in [0.5, 0.6) is 0 Å². The number of pyridine rings is 1. The molecule has 1 aliphatic heterocycles. The Morgan fingerprint density at radius 3 is 2.81 bits per heavy atom. The number of nitrogens with zero attached hydrogens (tertiary/aromatic N) is 1. The van der Waals surface area contributed by atoms with Gasteiger partial charge in [-0.1, -0.05) is 44.2 Å². The topological polar surface area (TPSA) is 34.2 Å². The summed E-state index contributed by atoms with van der Waals surface area (Å²) in [6.07, 6.45) is 5.02. The minimum Gasteiger partial charge on any atom is -0.375 e. The molecule has 0 spiro atoms. The number of aromatic nitrogens is 1. The van der Waals surface area contributed by atoms with E-state index in [-0.39, 0.29) is 11.5 Å². The second-order valence-electron chi connectivity index (χ2n) is 5.99. The minimum atomic E-state index is -0.0757.